The van der Waals surface area contributed by atoms with Crippen LogP contribution < -0.4 is 9.47 Å². The maximum atomic E-state index is 13.0. The van der Waals surface area contributed by atoms with Crippen molar-refractivity contribution in [3.63, 3.8) is 0 Å². The summed E-state index contributed by atoms with van der Waals surface area (Å²) in [5.74, 6) is -3.72. The van der Waals surface area contributed by atoms with E-state index in [-0.39, 0.29) is 39.3 Å². The Hall–Kier alpha value is -6.68. The van der Waals surface area contributed by atoms with Crippen LogP contribution in [-0.2, 0) is 9.47 Å². The van der Waals surface area contributed by atoms with Crippen molar-refractivity contribution in [2.45, 2.75) is 19.8 Å². The molecule has 2 aliphatic heterocycles. The van der Waals surface area contributed by atoms with E-state index in [4.69, 9.17) is 9.47 Å². The second kappa shape index (κ2) is 12.2. The second-order valence-electron chi connectivity index (χ2n) is 11.7. The zero-order valence-electron chi connectivity index (χ0n) is 26.0. The first-order valence-corrected chi connectivity index (χ1v) is 15.2. The molecule has 2 aliphatic rings. The lowest BCUT2D eigenvalue weighted by Gasteiger charge is -2.15. The van der Waals surface area contributed by atoms with E-state index in [0.29, 0.717) is 11.5 Å². The first-order chi connectivity index (χ1) is 23.5. The van der Waals surface area contributed by atoms with E-state index in [0.717, 1.165) is 27.8 Å². The fourth-order valence-electron chi connectivity index (χ4n) is 5.59. The standard InChI is InChI=1S/C39H24O10/c1-20(2)30-17-24(11-16-33(30)47-35(41)26-10-15-29-32(19-26)39(45)49-37(29)43)23-5-3-21(4-6-23)22-7-12-27(13-8-22)46-34(40)25-9-14-28-31(18-25)38(44)48-36(28)42/h3-20H,1-2H3. The van der Waals surface area contributed by atoms with Gasteiger partial charge in [-0.2, -0.15) is 0 Å². The van der Waals surface area contributed by atoms with Crippen molar-refractivity contribution >= 4 is 35.8 Å². The van der Waals surface area contributed by atoms with Gasteiger partial charge in [-0.15, -0.1) is 0 Å². The van der Waals surface area contributed by atoms with Gasteiger partial charge in [-0.1, -0.05) is 56.3 Å². The highest BCUT2D eigenvalue weighted by molar-refractivity contribution is 6.16. The summed E-state index contributed by atoms with van der Waals surface area (Å²) in [6.45, 7) is 3.97. The van der Waals surface area contributed by atoms with Crippen molar-refractivity contribution in [1.82, 2.24) is 0 Å². The van der Waals surface area contributed by atoms with Gasteiger partial charge in [-0.05, 0) is 94.4 Å². The van der Waals surface area contributed by atoms with Crippen molar-refractivity contribution in [2.75, 3.05) is 0 Å². The summed E-state index contributed by atoms with van der Waals surface area (Å²) in [7, 11) is 0. The summed E-state index contributed by atoms with van der Waals surface area (Å²) in [5.41, 5.74) is 5.00. The number of ether oxygens (including phenoxy) is 4. The van der Waals surface area contributed by atoms with Crippen LogP contribution >= 0.6 is 0 Å². The molecule has 0 saturated carbocycles. The third kappa shape index (κ3) is 5.87. The Labute approximate surface area is 278 Å². The first-order valence-electron chi connectivity index (χ1n) is 15.2. The third-order valence-corrected chi connectivity index (χ3v) is 8.21. The molecule has 2 heterocycles. The van der Waals surface area contributed by atoms with Crippen LogP contribution in [0.3, 0.4) is 0 Å². The number of hydrogen-bond donors (Lipinski definition) is 0. The summed E-state index contributed by atoms with van der Waals surface area (Å²) in [5, 5.41) is 0. The van der Waals surface area contributed by atoms with E-state index in [2.05, 4.69) is 9.47 Å². The highest BCUT2D eigenvalue weighted by atomic mass is 16.6. The smallest absolute Gasteiger partial charge is 0.346 e. The Bertz CT molecular complexity index is 2250. The van der Waals surface area contributed by atoms with E-state index in [1.54, 1.807) is 18.2 Å². The quantitative estimate of drug-likeness (QED) is 0.101. The largest absolute Gasteiger partial charge is 0.423 e. The van der Waals surface area contributed by atoms with Gasteiger partial charge in [0, 0.05) is 0 Å². The molecule has 240 valence electrons. The van der Waals surface area contributed by atoms with Gasteiger partial charge in [0.15, 0.2) is 0 Å². The van der Waals surface area contributed by atoms with Crippen molar-refractivity contribution in [3.05, 3.63) is 142 Å². The Kier molecular flexibility index (Phi) is 7.68. The second-order valence-corrected chi connectivity index (χ2v) is 11.7. The van der Waals surface area contributed by atoms with E-state index < -0.39 is 35.8 Å². The summed E-state index contributed by atoms with van der Waals surface area (Å²) >= 11 is 0. The molecule has 5 aromatic carbocycles. The average Bonchev–Trinajstić information content (AvgIpc) is 3.56. The summed E-state index contributed by atoms with van der Waals surface area (Å²) < 4.78 is 20.4. The molecule has 0 radical (unpaired) electrons. The predicted octanol–water partition coefficient (Wildman–Crippen LogP) is 7.20. The highest BCUT2D eigenvalue weighted by Gasteiger charge is 2.32. The van der Waals surface area contributed by atoms with Crippen LogP contribution in [0.25, 0.3) is 22.3 Å². The van der Waals surface area contributed by atoms with E-state index in [1.165, 1.54) is 36.4 Å². The zero-order chi connectivity index (χ0) is 34.4. The van der Waals surface area contributed by atoms with Crippen molar-refractivity contribution in [1.29, 1.82) is 0 Å². The van der Waals surface area contributed by atoms with E-state index in [1.807, 2.05) is 62.4 Å². The lowest BCUT2D eigenvalue weighted by Crippen LogP contribution is -2.11. The lowest BCUT2D eigenvalue weighted by molar-refractivity contribution is 0.0425. The van der Waals surface area contributed by atoms with Crippen molar-refractivity contribution in [3.8, 4) is 33.8 Å². The van der Waals surface area contributed by atoms with Gasteiger partial charge < -0.3 is 18.9 Å². The molecule has 0 spiro atoms. The van der Waals surface area contributed by atoms with Gasteiger partial charge in [0.05, 0.1) is 33.4 Å². The monoisotopic (exact) mass is 652 g/mol. The number of hydrogen-bond acceptors (Lipinski definition) is 10. The minimum Gasteiger partial charge on any atom is -0.423 e. The Morgan fingerprint density at radius 2 is 0.918 bits per heavy atom. The maximum absolute atomic E-state index is 13.0. The molecule has 0 aliphatic carbocycles. The predicted molar refractivity (Wildman–Crippen MR) is 174 cm³/mol. The normalized spacial score (nSPS) is 13.1. The van der Waals surface area contributed by atoms with Crippen molar-refractivity contribution in [2.24, 2.45) is 0 Å². The maximum Gasteiger partial charge on any atom is 0.346 e. The van der Waals surface area contributed by atoms with Crippen LogP contribution in [0.1, 0.15) is 87.5 Å². The molecule has 0 amide bonds. The van der Waals surface area contributed by atoms with Gasteiger partial charge in [-0.25, -0.2) is 28.8 Å². The van der Waals surface area contributed by atoms with Crippen molar-refractivity contribution < 1.29 is 47.7 Å². The molecule has 0 fully saturated rings. The molecular formula is C39H24O10. The fourth-order valence-corrected chi connectivity index (χ4v) is 5.59. The molecule has 0 atom stereocenters. The van der Waals surface area contributed by atoms with E-state index in [9.17, 15) is 28.8 Å². The van der Waals surface area contributed by atoms with Crippen LogP contribution in [0.2, 0.25) is 0 Å². The summed E-state index contributed by atoms with van der Waals surface area (Å²) in [6.07, 6.45) is 0. The molecule has 0 bridgehead atoms. The van der Waals surface area contributed by atoms with Gasteiger partial charge >= 0.3 is 35.8 Å². The average molecular weight is 653 g/mol. The summed E-state index contributed by atoms with van der Waals surface area (Å²) in [6, 6.07) is 28.5. The lowest BCUT2D eigenvalue weighted by atomic mass is 9.95. The van der Waals surface area contributed by atoms with Gasteiger partial charge in [-0.3, -0.25) is 0 Å². The van der Waals surface area contributed by atoms with Crippen LogP contribution in [0.15, 0.2) is 103 Å². The van der Waals surface area contributed by atoms with E-state index >= 15 is 0 Å². The number of rotatable bonds is 7. The molecule has 0 unspecified atom stereocenters. The Morgan fingerprint density at radius 1 is 0.490 bits per heavy atom. The molecular weight excluding hydrogens is 628 g/mol. The molecule has 5 aromatic rings. The number of carbonyl (C=O) groups excluding carboxylic acids is 6. The Balaban J connectivity index is 1.04. The van der Waals surface area contributed by atoms with Crippen LogP contribution in [0.4, 0.5) is 0 Å². The van der Waals surface area contributed by atoms with Gasteiger partial charge in [0.2, 0.25) is 0 Å². The molecule has 10 heteroatoms. The molecule has 0 saturated heterocycles. The molecule has 0 aromatic heterocycles. The molecule has 7 rings (SSSR count). The fraction of sp³-hybridized carbons (Fsp3) is 0.0769. The minimum atomic E-state index is -0.799. The topological polar surface area (TPSA) is 139 Å². The summed E-state index contributed by atoms with van der Waals surface area (Å²) in [4.78, 5) is 72.8. The third-order valence-electron chi connectivity index (χ3n) is 8.21. The number of cyclic esters (lactones) is 4. The molecule has 10 nitrogen and oxygen atoms in total. The molecule has 0 N–H and O–H groups in total. The van der Waals surface area contributed by atoms with Gasteiger partial charge in [0.25, 0.3) is 0 Å². The first kappa shape index (κ1) is 30.9. The van der Waals surface area contributed by atoms with Crippen LogP contribution in [0, 0.1) is 0 Å². The zero-order valence-corrected chi connectivity index (χ0v) is 26.0. The number of esters is 6. The van der Waals surface area contributed by atoms with Crippen LogP contribution in [0.5, 0.6) is 11.5 Å². The number of carbonyl (C=O) groups is 6. The molecule has 49 heavy (non-hydrogen) atoms. The Morgan fingerprint density at radius 3 is 1.43 bits per heavy atom. The number of fused-ring (bicyclic) bond motifs is 2. The SMILES string of the molecule is CC(C)c1cc(-c2ccc(-c3ccc(OC(=O)c4ccc5c(c4)C(=O)OC5=O)cc3)cc2)ccc1OC(=O)c1ccc2c(c1)C(=O)OC2=O. The highest BCUT2D eigenvalue weighted by Crippen LogP contribution is 2.34. The van der Waals surface area contributed by atoms with Crippen LogP contribution in [-0.4, -0.2) is 35.8 Å². The van der Waals surface area contributed by atoms with Gasteiger partial charge in [0.1, 0.15) is 11.5 Å². The minimum absolute atomic E-state index is 0.0191. The number of benzene rings is 5.